The number of amides is 1. The van der Waals surface area contributed by atoms with Crippen molar-refractivity contribution in [2.75, 3.05) is 12.8 Å². The Morgan fingerprint density at radius 1 is 1.53 bits per heavy atom. The highest BCUT2D eigenvalue weighted by molar-refractivity contribution is 5.97. The standard InChI is InChI=1S/C11H18N4O2/c1-17-8-4-2-7(3-5-8)14-11(16)10-9(12)6-13-15-10/h6-8H,2-5,12H2,1H3,(H,13,15)(H,14,16). The van der Waals surface area contributed by atoms with Crippen molar-refractivity contribution in [1.82, 2.24) is 15.5 Å². The number of methoxy groups -OCH3 is 1. The third-order valence-corrected chi connectivity index (χ3v) is 3.24. The van der Waals surface area contributed by atoms with Gasteiger partial charge in [-0.25, -0.2) is 0 Å². The molecule has 0 aliphatic heterocycles. The summed E-state index contributed by atoms with van der Waals surface area (Å²) in [5, 5.41) is 9.29. The van der Waals surface area contributed by atoms with Gasteiger partial charge < -0.3 is 15.8 Å². The van der Waals surface area contributed by atoms with Gasteiger partial charge in [-0.1, -0.05) is 0 Å². The van der Waals surface area contributed by atoms with E-state index in [4.69, 9.17) is 10.5 Å². The van der Waals surface area contributed by atoms with Crippen molar-refractivity contribution in [3.8, 4) is 0 Å². The van der Waals surface area contributed by atoms with Crippen molar-refractivity contribution in [1.29, 1.82) is 0 Å². The fraction of sp³-hybridized carbons (Fsp3) is 0.636. The summed E-state index contributed by atoms with van der Waals surface area (Å²) < 4.78 is 5.29. The zero-order valence-electron chi connectivity index (χ0n) is 9.90. The van der Waals surface area contributed by atoms with Gasteiger partial charge in [0.1, 0.15) is 5.69 Å². The van der Waals surface area contributed by atoms with Gasteiger partial charge >= 0.3 is 0 Å². The number of nitrogen functional groups attached to an aromatic ring is 1. The summed E-state index contributed by atoms with van der Waals surface area (Å²) in [5.74, 6) is -0.180. The van der Waals surface area contributed by atoms with Crippen LogP contribution in [0.1, 0.15) is 36.2 Å². The molecule has 1 aliphatic carbocycles. The van der Waals surface area contributed by atoms with E-state index in [1.165, 1.54) is 6.20 Å². The van der Waals surface area contributed by atoms with Crippen molar-refractivity contribution in [3.05, 3.63) is 11.9 Å². The Hall–Kier alpha value is -1.56. The van der Waals surface area contributed by atoms with Gasteiger partial charge in [0.15, 0.2) is 0 Å². The molecule has 1 aliphatic rings. The van der Waals surface area contributed by atoms with Crippen LogP contribution < -0.4 is 11.1 Å². The molecule has 0 unspecified atom stereocenters. The van der Waals surface area contributed by atoms with Gasteiger partial charge in [-0.15, -0.1) is 0 Å². The molecule has 17 heavy (non-hydrogen) atoms. The Labute approximate surface area is 99.9 Å². The van der Waals surface area contributed by atoms with Crippen molar-refractivity contribution >= 4 is 11.6 Å². The van der Waals surface area contributed by atoms with Crippen LogP contribution in [-0.4, -0.2) is 35.4 Å². The first-order valence-electron chi connectivity index (χ1n) is 5.83. The molecular formula is C11H18N4O2. The van der Waals surface area contributed by atoms with E-state index in [1.807, 2.05) is 0 Å². The van der Waals surface area contributed by atoms with Crippen LogP contribution in [0.4, 0.5) is 5.69 Å². The fourth-order valence-corrected chi connectivity index (χ4v) is 2.18. The minimum atomic E-state index is -0.180. The summed E-state index contributed by atoms with van der Waals surface area (Å²) in [6, 6.07) is 0.205. The molecule has 1 heterocycles. The molecule has 1 fully saturated rings. The molecule has 1 aromatic rings. The molecule has 0 radical (unpaired) electrons. The summed E-state index contributed by atoms with van der Waals surface area (Å²) in [5.41, 5.74) is 6.34. The lowest BCUT2D eigenvalue weighted by atomic mass is 9.93. The minimum Gasteiger partial charge on any atom is -0.396 e. The number of nitrogens with one attached hydrogen (secondary N) is 2. The monoisotopic (exact) mass is 238 g/mol. The molecule has 0 saturated heterocycles. The first kappa shape index (κ1) is 11.9. The second kappa shape index (κ2) is 5.18. The largest absolute Gasteiger partial charge is 0.396 e. The maximum Gasteiger partial charge on any atom is 0.271 e. The summed E-state index contributed by atoms with van der Waals surface area (Å²) in [7, 11) is 1.73. The number of hydrogen-bond acceptors (Lipinski definition) is 4. The number of anilines is 1. The molecular weight excluding hydrogens is 220 g/mol. The van der Waals surface area contributed by atoms with Crippen molar-refractivity contribution < 1.29 is 9.53 Å². The topological polar surface area (TPSA) is 93.0 Å². The summed E-state index contributed by atoms with van der Waals surface area (Å²) in [6.07, 6.45) is 5.63. The average Bonchev–Trinajstić information content (AvgIpc) is 2.76. The smallest absolute Gasteiger partial charge is 0.271 e. The van der Waals surface area contributed by atoms with Crippen LogP contribution in [0.15, 0.2) is 6.20 Å². The molecule has 1 amide bonds. The van der Waals surface area contributed by atoms with E-state index >= 15 is 0 Å². The maximum absolute atomic E-state index is 11.9. The molecule has 94 valence electrons. The fourth-order valence-electron chi connectivity index (χ4n) is 2.18. The Bertz CT molecular complexity index is 383. The van der Waals surface area contributed by atoms with E-state index in [0.717, 1.165) is 25.7 Å². The molecule has 0 spiro atoms. The number of nitrogens with zero attached hydrogens (tertiary/aromatic N) is 1. The highest BCUT2D eigenvalue weighted by Crippen LogP contribution is 2.21. The van der Waals surface area contributed by atoms with Crippen LogP contribution in [-0.2, 0) is 4.74 Å². The van der Waals surface area contributed by atoms with Gasteiger partial charge in [-0.05, 0) is 25.7 Å². The highest BCUT2D eigenvalue weighted by Gasteiger charge is 2.23. The number of H-pyrrole nitrogens is 1. The lowest BCUT2D eigenvalue weighted by Crippen LogP contribution is -2.39. The number of nitrogens with two attached hydrogens (primary N) is 1. The quantitative estimate of drug-likeness (QED) is 0.722. The molecule has 1 saturated carbocycles. The molecule has 6 heteroatoms. The number of rotatable bonds is 3. The van der Waals surface area contributed by atoms with Crippen molar-refractivity contribution in [3.63, 3.8) is 0 Å². The number of ether oxygens (including phenoxy) is 1. The number of carbonyl (C=O) groups excluding carboxylic acids is 1. The third-order valence-electron chi connectivity index (χ3n) is 3.24. The normalized spacial score (nSPS) is 24.5. The number of aromatic amines is 1. The number of carbonyl (C=O) groups is 1. The molecule has 6 nitrogen and oxygen atoms in total. The second-order valence-corrected chi connectivity index (χ2v) is 4.38. The van der Waals surface area contributed by atoms with E-state index in [1.54, 1.807) is 7.11 Å². The van der Waals surface area contributed by atoms with Crippen molar-refractivity contribution in [2.45, 2.75) is 37.8 Å². The molecule has 0 bridgehead atoms. The second-order valence-electron chi connectivity index (χ2n) is 4.38. The molecule has 0 atom stereocenters. The zero-order chi connectivity index (χ0) is 12.3. The van der Waals surface area contributed by atoms with Gasteiger partial charge in [0.05, 0.1) is 18.0 Å². The average molecular weight is 238 g/mol. The predicted molar refractivity (Wildman–Crippen MR) is 63.5 cm³/mol. The SMILES string of the molecule is COC1CCC(NC(=O)c2[nH]ncc2N)CC1. The Morgan fingerprint density at radius 2 is 2.24 bits per heavy atom. The van der Waals surface area contributed by atoms with Gasteiger partial charge in [0, 0.05) is 13.2 Å². The Morgan fingerprint density at radius 3 is 2.76 bits per heavy atom. The van der Waals surface area contributed by atoms with Crippen LogP contribution in [0.5, 0.6) is 0 Å². The van der Waals surface area contributed by atoms with Gasteiger partial charge in [-0.2, -0.15) is 5.10 Å². The van der Waals surface area contributed by atoms with Crippen LogP contribution in [0, 0.1) is 0 Å². The minimum absolute atomic E-state index is 0.180. The first-order chi connectivity index (χ1) is 8.20. The van der Waals surface area contributed by atoms with Gasteiger partial charge in [0.2, 0.25) is 0 Å². The zero-order valence-corrected chi connectivity index (χ0v) is 9.90. The van der Waals surface area contributed by atoms with Crippen LogP contribution in [0.25, 0.3) is 0 Å². The van der Waals surface area contributed by atoms with Gasteiger partial charge in [-0.3, -0.25) is 9.89 Å². The molecule has 0 aromatic carbocycles. The van der Waals surface area contributed by atoms with Crippen LogP contribution in [0.3, 0.4) is 0 Å². The summed E-state index contributed by atoms with van der Waals surface area (Å²) in [4.78, 5) is 11.9. The maximum atomic E-state index is 11.9. The van der Waals surface area contributed by atoms with E-state index in [9.17, 15) is 4.79 Å². The number of hydrogen-bond donors (Lipinski definition) is 3. The van der Waals surface area contributed by atoms with E-state index in [0.29, 0.717) is 17.5 Å². The molecule has 1 aromatic heterocycles. The van der Waals surface area contributed by atoms with Crippen molar-refractivity contribution in [2.24, 2.45) is 0 Å². The van der Waals surface area contributed by atoms with Crippen LogP contribution >= 0.6 is 0 Å². The molecule has 2 rings (SSSR count). The Kier molecular flexibility index (Phi) is 3.63. The third kappa shape index (κ3) is 2.76. The van der Waals surface area contributed by atoms with Gasteiger partial charge in [0.25, 0.3) is 5.91 Å². The lowest BCUT2D eigenvalue weighted by Gasteiger charge is -2.28. The predicted octanol–water partition coefficient (Wildman–Crippen LogP) is 0.679. The summed E-state index contributed by atoms with van der Waals surface area (Å²) >= 11 is 0. The summed E-state index contributed by atoms with van der Waals surface area (Å²) in [6.45, 7) is 0. The van der Waals surface area contributed by atoms with Crippen LogP contribution in [0.2, 0.25) is 0 Å². The van der Waals surface area contributed by atoms with E-state index in [-0.39, 0.29) is 11.9 Å². The highest BCUT2D eigenvalue weighted by atomic mass is 16.5. The van der Waals surface area contributed by atoms with E-state index < -0.39 is 0 Å². The number of aromatic nitrogens is 2. The molecule has 4 N–H and O–H groups in total. The first-order valence-corrected chi connectivity index (χ1v) is 5.83. The lowest BCUT2D eigenvalue weighted by molar-refractivity contribution is 0.0598. The van der Waals surface area contributed by atoms with E-state index in [2.05, 4.69) is 15.5 Å². The Balaban J connectivity index is 1.86.